The lowest BCUT2D eigenvalue weighted by Crippen LogP contribution is -2.51. The largest absolute Gasteiger partial charge is 0.493 e. The Morgan fingerprint density at radius 2 is 1.35 bits per heavy atom. The Morgan fingerprint density at radius 3 is 1.90 bits per heavy atom. The van der Waals surface area contributed by atoms with Gasteiger partial charge in [0.05, 0.1) is 40.4 Å². The van der Waals surface area contributed by atoms with Gasteiger partial charge in [-0.05, 0) is 48.4 Å². The summed E-state index contributed by atoms with van der Waals surface area (Å²) in [5, 5.41) is 2.17. The van der Waals surface area contributed by atoms with E-state index in [9.17, 15) is 26.4 Å². The van der Waals surface area contributed by atoms with Gasteiger partial charge in [0.2, 0.25) is 15.9 Å². The molecule has 1 N–H and O–H groups in total. The second-order valence-corrected chi connectivity index (χ2v) is 14.7. The van der Waals surface area contributed by atoms with E-state index in [-0.39, 0.29) is 46.4 Å². The number of nitrogens with zero attached hydrogens (tertiary/aromatic N) is 1. The van der Waals surface area contributed by atoms with Gasteiger partial charge in [-0.25, -0.2) is 13.2 Å². The summed E-state index contributed by atoms with van der Waals surface area (Å²) in [4.78, 5) is 26.0. The van der Waals surface area contributed by atoms with Crippen molar-refractivity contribution in [3.05, 3.63) is 66.2 Å². The van der Waals surface area contributed by atoms with E-state index in [2.05, 4.69) is 17.9 Å². The number of benzene rings is 3. The van der Waals surface area contributed by atoms with Crippen LogP contribution in [0.4, 0.5) is 0 Å². The highest BCUT2D eigenvalue weighted by molar-refractivity contribution is 7.89. The number of ether oxygens (including phenoxy) is 5. The highest BCUT2D eigenvalue weighted by Crippen LogP contribution is 2.34. The number of sulfonamides is 1. The monoisotopic (exact) mass is 724 g/mol. The first kappa shape index (κ1) is 36.6. The van der Waals surface area contributed by atoms with E-state index in [4.69, 9.17) is 27.9 Å². The first-order valence-electron chi connectivity index (χ1n) is 14.3. The first-order chi connectivity index (χ1) is 22.8. The molecule has 17 heteroatoms. The Morgan fingerprint density at radius 1 is 0.812 bits per heavy atom. The fraction of sp³-hybridized carbons (Fsp3) is 0.355. The molecular formula is C31H36N2O12S3. The van der Waals surface area contributed by atoms with Crippen LogP contribution in [0.3, 0.4) is 0 Å². The number of carbonyl (C=O) groups is 2. The molecule has 0 aromatic heterocycles. The molecule has 1 fully saturated rings. The predicted octanol–water partition coefficient (Wildman–Crippen LogP) is 2.45. The zero-order chi connectivity index (χ0) is 35.2. The third-order valence-corrected chi connectivity index (χ3v) is 11.0. The quantitative estimate of drug-likeness (QED) is 0.142. The van der Waals surface area contributed by atoms with Crippen molar-refractivity contribution in [3.63, 3.8) is 0 Å². The Balaban J connectivity index is 1.49. The fourth-order valence-electron chi connectivity index (χ4n) is 5.07. The van der Waals surface area contributed by atoms with E-state index in [1.54, 1.807) is 0 Å². The molecule has 0 aliphatic carbocycles. The third-order valence-electron chi connectivity index (χ3n) is 7.51. The number of amides is 1. The maximum atomic E-state index is 13.7. The molecule has 1 saturated heterocycles. The summed E-state index contributed by atoms with van der Waals surface area (Å²) in [6.45, 7) is -0.0472. The lowest BCUT2D eigenvalue weighted by atomic mass is 10.0. The van der Waals surface area contributed by atoms with Crippen molar-refractivity contribution >= 4 is 44.6 Å². The van der Waals surface area contributed by atoms with Crippen molar-refractivity contribution in [2.45, 2.75) is 40.0 Å². The van der Waals surface area contributed by atoms with Gasteiger partial charge < -0.3 is 33.2 Å². The zero-order valence-electron chi connectivity index (χ0n) is 26.7. The summed E-state index contributed by atoms with van der Waals surface area (Å²) >= 11 is 4.44. The Labute approximate surface area is 284 Å². The Bertz CT molecular complexity index is 1850. The molecule has 1 aliphatic heterocycles. The van der Waals surface area contributed by atoms with Crippen LogP contribution in [0.15, 0.2) is 70.5 Å². The van der Waals surface area contributed by atoms with Gasteiger partial charge in [-0.15, -0.1) is 0 Å². The molecule has 3 aromatic carbocycles. The van der Waals surface area contributed by atoms with Crippen LogP contribution in [-0.2, 0) is 40.9 Å². The minimum atomic E-state index is -4.24. The molecule has 1 aliphatic rings. The van der Waals surface area contributed by atoms with Gasteiger partial charge in [0, 0.05) is 30.3 Å². The molecule has 0 radical (unpaired) electrons. The number of esters is 1. The molecular weight excluding hydrogens is 689 g/mol. The van der Waals surface area contributed by atoms with Gasteiger partial charge in [-0.3, -0.25) is 4.79 Å². The smallest absolute Gasteiger partial charge is 0.339 e. The van der Waals surface area contributed by atoms with Gasteiger partial charge in [0.15, 0.2) is 23.0 Å². The van der Waals surface area contributed by atoms with Gasteiger partial charge >= 0.3 is 16.1 Å². The van der Waals surface area contributed by atoms with E-state index in [0.29, 0.717) is 17.1 Å². The molecule has 260 valence electrons. The van der Waals surface area contributed by atoms with E-state index in [0.717, 1.165) is 11.4 Å². The average Bonchev–Trinajstić information content (AvgIpc) is 3.50. The molecule has 0 saturated carbocycles. The number of methoxy groups -OCH3 is 5. The molecule has 3 atom stereocenters. The van der Waals surface area contributed by atoms with Crippen LogP contribution in [0.25, 0.3) is 0 Å². The van der Waals surface area contributed by atoms with E-state index in [1.165, 1.54) is 89.1 Å². The lowest BCUT2D eigenvalue weighted by Gasteiger charge is -2.25. The van der Waals surface area contributed by atoms with Crippen LogP contribution in [0.1, 0.15) is 12.0 Å². The molecule has 14 nitrogen and oxygen atoms in total. The van der Waals surface area contributed by atoms with Crippen LogP contribution in [0, 0.1) is 0 Å². The summed E-state index contributed by atoms with van der Waals surface area (Å²) < 4.78 is 85.1. The molecule has 0 unspecified atom stereocenters. The predicted molar refractivity (Wildman–Crippen MR) is 176 cm³/mol. The number of carbonyl (C=O) groups excluding carboxylic acids is 2. The zero-order valence-corrected chi connectivity index (χ0v) is 29.3. The second-order valence-electron chi connectivity index (χ2n) is 10.5. The lowest BCUT2D eigenvalue weighted by molar-refractivity contribution is -0.145. The molecule has 0 bridgehead atoms. The summed E-state index contributed by atoms with van der Waals surface area (Å²) in [6, 6.07) is 11.6. The van der Waals surface area contributed by atoms with Crippen molar-refractivity contribution in [2.24, 2.45) is 0 Å². The van der Waals surface area contributed by atoms with Crippen molar-refractivity contribution < 1.29 is 54.3 Å². The van der Waals surface area contributed by atoms with E-state index >= 15 is 0 Å². The van der Waals surface area contributed by atoms with Gasteiger partial charge in [0.25, 0.3) is 0 Å². The van der Waals surface area contributed by atoms with E-state index in [1.807, 2.05) is 0 Å². The number of hydrogen-bond donors (Lipinski definition) is 2. The molecule has 1 amide bonds. The van der Waals surface area contributed by atoms with Crippen LogP contribution in [0.2, 0.25) is 0 Å². The van der Waals surface area contributed by atoms with Crippen LogP contribution in [0.5, 0.6) is 28.7 Å². The molecule has 4 rings (SSSR count). The SMILES string of the molecule is COC(=O)[C@H](Cc1ccc(OS(=O)(=O)c2ccc(OC)c(OC)c2)cc1)NC(=O)[C@@H]1C[C@H](S)CN1S(=O)(=O)c1ccc(OC)c(OC)c1. The van der Waals surface area contributed by atoms with Crippen LogP contribution >= 0.6 is 12.6 Å². The topological polar surface area (TPSA) is 173 Å². The molecule has 0 spiro atoms. The Hall–Kier alpha value is -4.19. The second kappa shape index (κ2) is 15.4. The van der Waals surface area contributed by atoms with Crippen LogP contribution < -0.4 is 28.4 Å². The summed E-state index contributed by atoms with van der Waals surface area (Å²) in [7, 11) is -1.68. The van der Waals surface area contributed by atoms with Gasteiger partial charge in [-0.2, -0.15) is 25.4 Å². The molecule has 3 aromatic rings. The van der Waals surface area contributed by atoms with Crippen molar-refractivity contribution in [1.29, 1.82) is 0 Å². The van der Waals surface area contributed by atoms with Crippen molar-refractivity contribution in [1.82, 2.24) is 9.62 Å². The van der Waals surface area contributed by atoms with Crippen molar-refractivity contribution in [2.75, 3.05) is 42.1 Å². The summed E-state index contributed by atoms with van der Waals surface area (Å²) in [6.07, 6.45) is 0.0382. The summed E-state index contributed by atoms with van der Waals surface area (Å²) in [5.74, 6) is -0.409. The number of nitrogens with one attached hydrogen (secondary N) is 1. The highest BCUT2D eigenvalue weighted by atomic mass is 32.2. The number of thiol groups is 1. The van der Waals surface area contributed by atoms with E-state index < -0.39 is 49.4 Å². The highest BCUT2D eigenvalue weighted by Gasteiger charge is 2.44. The third kappa shape index (κ3) is 8.08. The van der Waals surface area contributed by atoms with Crippen molar-refractivity contribution in [3.8, 4) is 28.7 Å². The normalized spacial score (nSPS) is 17.2. The molecule has 48 heavy (non-hydrogen) atoms. The number of hydrogen-bond acceptors (Lipinski definition) is 13. The number of rotatable bonds is 14. The van der Waals surface area contributed by atoms with Crippen LogP contribution in [-0.4, -0.2) is 92.4 Å². The molecule has 1 heterocycles. The van der Waals surface area contributed by atoms with Gasteiger partial charge in [-0.1, -0.05) is 12.1 Å². The average molecular weight is 725 g/mol. The minimum absolute atomic E-state index is 0.00558. The fourth-order valence-corrected chi connectivity index (χ4v) is 8.16. The maximum absolute atomic E-state index is 13.7. The first-order valence-corrected chi connectivity index (χ1v) is 17.7. The Kier molecular flexibility index (Phi) is 11.7. The maximum Gasteiger partial charge on any atom is 0.339 e. The summed E-state index contributed by atoms with van der Waals surface area (Å²) in [5.41, 5.74) is 0.523. The standard InChI is InChI=1S/C31H36N2O12S3/c1-40-26-12-10-22(16-28(26)42-3)47(36,37)33-18-21(46)15-25(33)30(34)32-24(31(35)44-5)14-19-6-8-20(9-7-19)45-48(38,39)23-11-13-27(41-2)29(17-23)43-4/h6-13,16-17,21,24-25,46H,14-15,18H2,1-5H3,(H,32,34)/t21-,24-,25-/m0/s1. The van der Waals surface area contributed by atoms with Gasteiger partial charge in [0.1, 0.15) is 22.7 Å². The minimum Gasteiger partial charge on any atom is -0.493 e.